The van der Waals surface area contributed by atoms with E-state index in [-0.39, 0.29) is 6.04 Å². The Hall–Kier alpha value is -2.20. The molecule has 1 aromatic heterocycles. The van der Waals surface area contributed by atoms with Gasteiger partial charge in [0.2, 0.25) is 5.89 Å². The highest BCUT2D eigenvalue weighted by Gasteiger charge is 2.10. The SMILES string of the molecule is CC(N)Cc1noc(Cc2cccc3ccccc23)n1. The van der Waals surface area contributed by atoms with E-state index in [0.717, 1.165) is 0 Å². The van der Waals surface area contributed by atoms with Crippen molar-refractivity contribution >= 4 is 10.8 Å². The minimum atomic E-state index is 0.0398. The van der Waals surface area contributed by atoms with Crippen LogP contribution in [0.3, 0.4) is 0 Å². The molecule has 0 saturated heterocycles. The van der Waals surface area contributed by atoms with Gasteiger partial charge in [0.1, 0.15) is 0 Å². The van der Waals surface area contributed by atoms with Gasteiger partial charge >= 0.3 is 0 Å². The first-order valence-electron chi connectivity index (χ1n) is 6.76. The topological polar surface area (TPSA) is 64.9 Å². The molecule has 0 fully saturated rings. The van der Waals surface area contributed by atoms with E-state index >= 15 is 0 Å². The lowest BCUT2D eigenvalue weighted by Gasteiger charge is -2.03. The average Bonchev–Trinajstić information content (AvgIpc) is 2.86. The quantitative estimate of drug-likeness (QED) is 0.789. The van der Waals surface area contributed by atoms with E-state index in [2.05, 4.69) is 40.5 Å². The molecule has 0 bridgehead atoms. The van der Waals surface area contributed by atoms with Crippen LogP contribution in [0.2, 0.25) is 0 Å². The van der Waals surface area contributed by atoms with Gasteiger partial charge in [-0.3, -0.25) is 0 Å². The van der Waals surface area contributed by atoms with Crippen molar-refractivity contribution in [3.05, 3.63) is 59.7 Å². The van der Waals surface area contributed by atoms with Crippen LogP contribution in [-0.4, -0.2) is 16.2 Å². The Labute approximate surface area is 117 Å². The molecule has 0 saturated carbocycles. The molecule has 2 aromatic carbocycles. The molecule has 0 radical (unpaired) electrons. The van der Waals surface area contributed by atoms with Gasteiger partial charge in [0.25, 0.3) is 0 Å². The Morgan fingerprint density at radius 1 is 1.15 bits per heavy atom. The van der Waals surface area contributed by atoms with Gasteiger partial charge in [-0.25, -0.2) is 0 Å². The summed E-state index contributed by atoms with van der Waals surface area (Å²) in [5, 5.41) is 6.41. The first kappa shape index (κ1) is 12.8. The van der Waals surface area contributed by atoms with E-state index in [4.69, 9.17) is 10.3 Å². The van der Waals surface area contributed by atoms with Crippen LogP contribution >= 0.6 is 0 Å². The summed E-state index contributed by atoms with van der Waals surface area (Å²) < 4.78 is 5.30. The molecule has 3 aromatic rings. The van der Waals surface area contributed by atoms with Crippen molar-refractivity contribution in [1.29, 1.82) is 0 Å². The Morgan fingerprint density at radius 3 is 2.80 bits per heavy atom. The maximum atomic E-state index is 5.74. The zero-order chi connectivity index (χ0) is 13.9. The molecule has 0 aliphatic carbocycles. The van der Waals surface area contributed by atoms with Crippen molar-refractivity contribution in [1.82, 2.24) is 10.1 Å². The second kappa shape index (κ2) is 5.43. The molecule has 2 N–H and O–H groups in total. The fourth-order valence-electron chi connectivity index (χ4n) is 2.34. The van der Waals surface area contributed by atoms with Gasteiger partial charge in [-0.15, -0.1) is 0 Å². The number of nitrogens with two attached hydrogens (primary N) is 1. The van der Waals surface area contributed by atoms with Crippen LogP contribution in [0, 0.1) is 0 Å². The molecule has 20 heavy (non-hydrogen) atoms. The van der Waals surface area contributed by atoms with Gasteiger partial charge in [0, 0.05) is 12.5 Å². The summed E-state index contributed by atoms with van der Waals surface area (Å²) in [6.07, 6.45) is 1.28. The van der Waals surface area contributed by atoms with Crippen molar-refractivity contribution in [2.45, 2.75) is 25.8 Å². The molecule has 4 heteroatoms. The minimum absolute atomic E-state index is 0.0398. The zero-order valence-electron chi connectivity index (χ0n) is 11.4. The summed E-state index contributed by atoms with van der Waals surface area (Å²) in [6, 6.07) is 14.6. The van der Waals surface area contributed by atoms with E-state index in [0.29, 0.717) is 24.6 Å². The summed E-state index contributed by atoms with van der Waals surface area (Å²) in [5.41, 5.74) is 6.93. The second-order valence-corrected chi connectivity index (χ2v) is 5.10. The van der Waals surface area contributed by atoms with E-state index < -0.39 is 0 Å². The predicted octanol–water partition coefficient (Wildman–Crippen LogP) is 2.70. The molecule has 0 aliphatic heterocycles. The van der Waals surface area contributed by atoms with Crippen LogP contribution in [0.25, 0.3) is 10.8 Å². The number of fused-ring (bicyclic) bond motifs is 1. The average molecular weight is 267 g/mol. The maximum Gasteiger partial charge on any atom is 0.231 e. The highest BCUT2D eigenvalue weighted by Crippen LogP contribution is 2.20. The van der Waals surface area contributed by atoms with Gasteiger partial charge in [-0.1, -0.05) is 47.6 Å². The molecule has 0 spiro atoms. The number of aromatic nitrogens is 2. The van der Waals surface area contributed by atoms with Crippen LogP contribution in [0.15, 0.2) is 47.0 Å². The van der Waals surface area contributed by atoms with Crippen LogP contribution in [-0.2, 0) is 12.8 Å². The lowest BCUT2D eigenvalue weighted by atomic mass is 10.0. The van der Waals surface area contributed by atoms with Crippen molar-refractivity contribution in [3.8, 4) is 0 Å². The smallest absolute Gasteiger partial charge is 0.231 e. The predicted molar refractivity (Wildman–Crippen MR) is 78.4 cm³/mol. The highest BCUT2D eigenvalue weighted by atomic mass is 16.5. The Bertz CT molecular complexity index is 713. The third-order valence-corrected chi connectivity index (χ3v) is 3.24. The first-order chi connectivity index (χ1) is 9.72. The van der Waals surface area contributed by atoms with Crippen LogP contribution < -0.4 is 5.73 Å². The molecule has 0 amide bonds. The largest absolute Gasteiger partial charge is 0.339 e. The Kier molecular flexibility index (Phi) is 3.48. The van der Waals surface area contributed by atoms with Gasteiger partial charge in [-0.05, 0) is 23.3 Å². The van der Waals surface area contributed by atoms with Crippen LogP contribution in [0.1, 0.15) is 24.2 Å². The fourth-order valence-corrected chi connectivity index (χ4v) is 2.34. The number of benzene rings is 2. The monoisotopic (exact) mass is 267 g/mol. The fraction of sp³-hybridized carbons (Fsp3) is 0.250. The van der Waals surface area contributed by atoms with E-state index in [1.54, 1.807) is 0 Å². The van der Waals surface area contributed by atoms with Gasteiger partial charge < -0.3 is 10.3 Å². The first-order valence-corrected chi connectivity index (χ1v) is 6.76. The molecular weight excluding hydrogens is 250 g/mol. The maximum absolute atomic E-state index is 5.74. The molecule has 3 rings (SSSR count). The Morgan fingerprint density at radius 2 is 1.95 bits per heavy atom. The normalized spacial score (nSPS) is 12.7. The minimum Gasteiger partial charge on any atom is -0.339 e. The molecule has 102 valence electrons. The van der Waals surface area contributed by atoms with Crippen molar-refractivity contribution < 1.29 is 4.52 Å². The van der Waals surface area contributed by atoms with E-state index in [9.17, 15) is 0 Å². The van der Waals surface area contributed by atoms with Gasteiger partial charge in [0.15, 0.2) is 5.82 Å². The summed E-state index contributed by atoms with van der Waals surface area (Å²) in [5.74, 6) is 1.31. The summed E-state index contributed by atoms with van der Waals surface area (Å²) in [7, 11) is 0. The van der Waals surface area contributed by atoms with E-state index in [1.807, 2.05) is 19.1 Å². The number of hydrogen-bond acceptors (Lipinski definition) is 4. The summed E-state index contributed by atoms with van der Waals surface area (Å²) in [6.45, 7) is 1.93. The molecule has 1 heterocycles. The van der Waals surface area contributed by atoms with Crippen molar-refractivity contribution in [2.75, 3.05) is 0 Å². The van der Waals surface area contributed by atoms with Crippen molar-refractivity contribution in [3.63, 3.8) is 0 Å². The molecule has 4 nitrogen and oxygen atoms in total. The van der Waals surface area contributed by atoms with Crippen LogP contribution in [0.4, 0.5) is 0 Å². The summed E-state index contributed by atoms with van der Waals surface area (Å²) in [4.78, 5) is 4.39. The number of nitrogens with zero attached hydrogens (tertiary/aromatic N) is 2. The van der Waals surface area contributed by atoms with E-state index in [1.165, 1.54) is 16.3 Å². The zero-order valence-corrected chi connectivity index (χ0v) is 11.4. The number of hydrogen-bond donors (Lipinski definition) is 1. The van der Waals surface area contributed by atoms with Gasteiger partial charge in [-0.2, -0.15) is 4.98 Å². The lowest BCUT2D eigenvalue weighted by Crippen LogP contribution is -2.18. The third-order valence-electron chi connectivity index (χ3n) is 3.24. The highest BCUT2D eigenvalue weighted by molar-refractivity contribution is 5.85. The lowest BCUT2D eigenvalue weighted by molar-refractivity contribution is 0.378. The standard InChI is InChI=1S/C16H17N3O/c1-11(17)9-15-18-16(20-19-15)10-13-7-4-6-12-5-2-3-8-14(12)13/h2-8,11H,9-10,17H2,1H3. The molecule has 1 unspecified atom stereocenters. The van der Waals surface area contributed by atoms with Crippen LogP contribution in [0.5, 0.6) is 0 Å². The third kappa shape index (κ3) is 2.70. The summed E-state index contributed by atoms with van der Waals surface area (Å²) >= 11 is 0. The molecular formula is C16H17N3O. The van der Waals surface area contributed by atoms with Gasteiger partial charge in [0.05, 0.1) is 6.42 Å². The Balaban J connectivity index is 1.88. The van der Waals surface area contributed by atoms with Crippen molar-refractivity contribution in [2.24, 2.45) is 5.73 Å². The molecule has 1 atom stereocenters. The molecule has 0 aliphatic rings. The number of rotatable bonds is 4. The second-order valence-electron chi connectivity index (χ2n) is 5.10.